The van der Waals surface area contributed by atoms with Crippen LogP contribution in [0.25, 0.3) is 11.3 Å². The second kappa shape index (κ2) is 4.85. The number of rotatable bonds is 4. The highest BCUT2D eigenvalue weighted by Gasteiger charge is 2.94. The fourth-order valence-electron chi connectivity index (χ4n) is 5.99. The normalized spacial score (nSPS) is 37.0. The fraction of sp³-hybridized carbons (Fsp3) is 0.600. The molecule has 6 nitrogen and oxygen atoms in total. The molecule has 3 aliphatic heterocycles. The molecule has 0 aromatic carbocycles. The maximum atomic E-state index is 6.21. The number of fused-ring (bicyclic) bond motifs is 1. The minimum absolute atomic E-state index is 0.363. The van der Waals surface area contributed by atoms with Gasteiger partial charge in [-0.15, -0.1) is 0 Å². The number of aromatic nitrogens is 3. The van der Waals surface area contributed by atoms with Crippen molar-refractivity contribution in [2.45, 2.75) is 42.8 Å². The molecule has 6 aliphatic rings. The van der Waals surface area contributed by atoms with E-state index in [4.69, 9.17) is 27.2 Å². The number of ether oxygens (including phenoxy) is 1. The van der Waals surface area contributed by atoms with Crippen molar-refractivity contribution in [2.75, 3.05) is 25.5 Å². The molecule has 140 valence electrons. The van der Waals surface area contributed by atoms with Gasteiger partial charge in [-0.05, 0) is 43.2 Å². The van der Waals surface area contributed by atoms with E-state index in [1.807, 2.05) is 6.07 Å². The molecule has 3 saturated heterocycles. The maximum absolute atomic E-state index is 6.21. The highest BCUT2D eigenvalue weighted by Crippen LogP contribution is 2.86. The lowest BCUT2D eigenvalue weighted by atomic mass is 9.92. The molecule has 2 aromatic rings. The Bertz CT molecular complexity index is 961. The van der Waals surface area contributed by atoms with E-state index in [2.05, 4.69) is 20.6 Å². The van der Waals surface area contributed by atoms with E-state index >= 15 is 0 Å². The summed E-state index contributed by atoms with van der Waals surface area (Å²) in [5.74, 6) is 2.03. The van der Waals surface area contributed by atoms with Crippen molar-refractivity contribution in [3.63, 3.8) is 0 Å². The summed E-state index contributed by atoms with van der Waals surface area (Å²) >= 11 is 6.21. The molecule has 27 heavy (non-hydrogen) atoms. The van der Waals surface area contributed by atoms with Crippen LogP contribution in [0.4, 0.5) is 5.82 Å². The zero-order chi connectivity index (χ0) is 17.9. The average Bonchev–Trinajstić information content (AvgIpc) is 3.13. The van der Waals surface area contributed by atoms with Gasteiger partial charge in [-0.2, -0.15) is 5.10 Å². The number of pyridine rings is 1. The van der Waals surface area contributed by atoms with Crippen LogP contribution in [0, 0.1) is 11.8 Å². The molecule has 5 heterocycles. The Balaban J connectivity index is 1.29. The summed E-state index contributed by atoms with van der Waals surface area (Å²) < 4.78 is 7.80. The lowest BCUT2D eigenvalue weighted by Crippen LogP contribution is -2.48. The van der Waals surface area contributed by atoms with Crippen LogP contribution in [0.15, 0.2) is 18.3 Å². The second-order valence-corrected chi connectivity index (χ2v) is 9.34. The molecule has 4 atom stereocenters. The highest BCUT2D eigenvalue weighted by atomic mass is 35.5. The molecule has 0 spiro atoms. The highest BCUT2D eigenvalue weighted by molar-refractivity contribution is 6.33. The van der Waals surface area contributed by atoms with Gasteiger partial charge in [0.05, 0.1) is 36.0 Å². The lowest BCUT2D eigenvalue weighted by molar-refractivity contribution is -0.0601. The van der Waals surface area contributed by atoms with Crippen molar-refractivity contribution in [3.8, 4) is 11.3 Å². The SMILES string of the molecule is Nc1ncc(-c2cc([C@]34C5[C@@H]3[C@@H]4CN5C3COC3)n(C3CCC3)n2)cc1Cl. The lowest BCUT2D eigenvalue weighted by Gasteiger charge is -2.35. The third-order valence-corrected chi connectivity index (χ3v) is 8.13. The van der Waals surface area contributed by atoms with Crippen LogP contribution >= 0.6 is 11.6 Å². The first-order valence-corrected chi connectivity index (χ1v) is 10.4. The van der Waals surface area contributed by atoms with E-state index in [1.165, 1.54) is 31.5 Å². The van der Waals surface area contributed by atoms with Crippen LogP contribution in [-0.4, -0.2) is 51.5 Å². The van der Waals surface area contributed by atoms with E-state index in [1.54, 1.807) is 6.20 Å². The Morgan fingerprint density at radius 1 is 1.22 bits per heavy atom. The number of hydrogen-bond acceptors (Lipinski definition) is 5. The summed E-state index contributed by atoms with van der Waals surface area (Å²) in [5.41, 5.74) is 9.55. The molecule has 2 bridgehead atoms. The first-order valence-electron chi connectivity index (χ1n) is 10.0. The molecule has 3 aliphatic carbocycles. The van der Waals surface area contributed by atoms with Gasteiger partial charge in [0.2, 0.25) is 0 Å². The predicted octanol–water partition coefficient (Wildman–Crippen LogP) is 2.49. The number of nitrogen functional groups attached to an aromatic ring is 1. The zero-order valence-corrected chi connectivity index (χ0v) is 15.8. The summed E-state index contributed by atoms with van der Waals surface area (Å²) in [6.45, 7) is 3.06. The summed E-state index contributed by atoms with van der Waals surface area (Å²) in [6, 6.07) is 6.12. The largest absolute Gasteiger partial charge is 0.382 e. The van der Waals surface area contributed by atoms with Crippen LogP contribution < -0.4 is 5.73 Å². The van der Waals surface area contributed by atoms with Crippen molar-refractivity contribution >= 4 is 17.4 Å². The third kappa shape index (κ3) is 1.75. The van der Waals surface area contributed by atoms with Crippen molar-refractivity contribution in [1.82, 2.24) is 19.7 Å². The molecule has 0 radical (unpaired) electrons. The van der Waals surface area contributed by atoms with Crippen molar-refractivity contribution in [1.29, 1.82) is 0 Å². The topological polar surface area (TPSA) is 69.2 Å². The number of hydrogen-bond donors (Lipinski definition) is 1. The molecule has 8 rings (SSSR count). The minimum atomic E-state index is 0.363. The van der Waals surface area contributed by atoms with Gasteiger partial charge < -0.3 is 10.5 Å². The number of nitrogens with zero attached hydrogens (tertiary/aromatic N) is 4. The van der Waals surface area contributed by atoms with Crippen molar-refractivity contribution in [3.05, 3.63) is 29.0 Å². The predicted molar refractivity (Wildman–Crippen MR) is 102 cm³/mol. The zero-order valence-electron chi connectivity index (χ0n) is 15.0. The van der Waals surface area contributed by atoms with E-state index in [9.17, 15) is 0 Å². The third-order valence-electron chi connectivity index (χ3n) is 7.83. The molecule has 1 unspecified atom stereocenters. The van der Waals surface area contributed by atoms with Gasteiger partial charge >= 0.3 is 0 Å². The maximum Gasteiger partial charge on any atom is 0.142 e. The second-order valence-electron chi connectivity index (χ2n) is 8.93. The van der Waals surface area contributed by atoms with Gasteiger partial charge in [0.25, 0.3) is 0 Å². The summed E-state index contributed by atoms with van der Waals surface area (Å²) in [4.78, 5) is 6.95. The molecular formula is C20H22ClN5O. The van der Waals surface area contributed by atoms with Crippen LogP contribution in [-0.2, 0) is 10.2 Å². The standard InChI is InChI=1S/C20H22ClN5O/c21-14-4-10(6-23-19(14)22)15-5-16(26(24-15)11-2-1-3-11)20-13-7-25(12-8-27-9-12)18(20)17(13)20/h4-6,11-13,17-18H,1-3,7-9H2,(H2,22,23)/t13-,17-,18?,20-/m0/s1. The first-order chi connectivity index (χ1) is 13.2. The van der Waals surface area contributed by atoms with Gasteiger partial charge in [0, 0.05) is 35.5 Å². The smallest absolute Gasteiger partial charge is 0.142 e. The van der Waals surface area contributed by atoms with E-state index < -0.39 is 0 Å². The number of anilines is 1. The van der Waals surface area contributed by atoms with Crippen LogP contribution in [0.2, 0.25) is 5.02 Å². The van der Waals surface area contributed by atoms with Crippen molar-refractivity contribution in [2.24, 2.45) is 11.8 Å². The Morgan fingerprint density at radius 2 is 2.07 bits per heavy atom. The van der Waals surface area contributed by atoms with Crippen LogP contribution in [0.3, 0.4) is 0 Å². The Labute approximate surface area is 162 Å². The molecular weight excluding hydrogens is 362 g/mol. The minimum Gasteiger partial charge on any atom is -0.382 e. The number of piperidine rings is 1. The molecule has 7 heteroatoms. The Kier molecular flexibility index (Phi) is 2.75. The molecule has 3 saturated carbocycles. The van der Waals surface area contributed by atoms with Crippen molar-refractivity contribution < 1.29 is 4.74 Å². The van der Waals surface area contributed by atoms with E-state index in [-0.39, 0.29) is 0 Å². The van der Waals surface area contributed by atoms with Gasteiger partial charge in [-0.3, -0.25) is 9.58 Å². The fourth-order valence-corrected chi connectivity index (χ4v) is 6.16. The monoisotopic (exact) mass is 383 g/mol. The summed E-state index contributed by atoms with van der Waals surface area (Å²) in [7, 11) is 0. The van der Waals surface area contributed by atoms with E-state index in [0.717, 1.165) is 36.3 Å². The van der Waals surface area contributed by atoms with E-state index in [0.29, 0.717) is 34.4 Å². The number of nitrogens with two attached hydrogens (primary N) is 1. The quantitative estimate of drug-likeness (QED) is 0.878. The molecule has 6 fully saturated rings. The molecule has 0 amide bonds. The molecule has 2 N–H and O–H groups in total. The summed E-state index contributed by atoms with van der Waals surface area (Å²) in [5, 5.41) is 5.54. The average molecular weight is 384 g/mol. The number of halogens is 1. The van der Waals surface area contributed by atoms with Crippen LogP contribution in [0.5, 0.6) is 0 Å². The Morgan fingerprint density at radius 3 is 2.70 bits per heavy atom. The van der Waals surface area contributed by atoms with Gasteiger partial charge in [-0.25, -0.2) is 4.98 Å². The van der Waals surface area contributed by atoms with Gasteiger partial charge in [0.1, 0.15) is 5.82 Å². The first kappa shape index (κ1) is 15.3. The van der Waals surface area contributed by atoms with Gasteiger partial charge in [0.15, 0.2) is 0 Å². The summed E-state index contributed by atoms with van der Waals surface area (Å²) in [6.07, 6.45) is 5.58. The molecule has 2 aromatic heterocycles. The van der Waals surface area contributed by atoms with Gasteiger partial charge in [-0.1, -0.05) is 11.6 Å². The van der Waals surface area contributed by atoms with Crippen LogP contribution in [0.1, 0.15) is 31.0 Å². The Hall–Kier alpha value is -1.63.